The van der Waals surface area contributed by atoms with Gasteiger partial charge in [-0.2, -0.15) is 0 Å². The fourth-order valence-electron chi connectivity index (χ4n) is 1.88. The highest BCUT2D eigenvalue weighted by atomic mass is 19.4. The molecule has 108 valence electrons. The number of halogens is 3. The zero-order valence-corrected chi connectivity index (χ0v) is 11.3. The highest BCUT2D eigenvalue weighted by molar-refractivity contribution is 5.36. The molecule has 1 aromatic rings. The number of benzene rings is 1. The number of hydrogen-bond donors (Lipinski definition) is 1. The van der Waals surface area contributed by atoms with Crippen LogP contribution >= 0.6 is 0 Å². The van der Waals surface area contributed by atoms with Gasteiger partial charge in [-0.25, -0.2) is 0 Å². The zero-order chi connectivity index (χ0) is 14.3. The Balaban J connectivity index is 2.65. The summed E-state index contributed by atoms with van der Waals surface area (Å²) in [6.45, 7) is 5.69. The van der Waals surface area contributed by atoms with Gasteiger partial charge in [0.2, 0.25) is 0 Å². The minimum Gasteiger partial charge on any atom is -0.405 e. The SMILES string of the molecule is CCCNCCC(C)c1ccccc1OC(F)(F)F. The van der Waals surface area contributed by atoms with E-state index in [1.807, 2.05) is 6.92 Å². The van der Waals surface area contributed by atoms with E-state index in [0.717, 1.165) is 25.9 Å². The number of nitrogens with one attached hydrogen (secondary N) is 1. The number of hydrogen-bond acceptors (Lipinski definition) is 2. The Morgan fingerprint density at radius 2 is 1.89 bits per heavy atom. The second kappa shape index (κ2) is 7.38. The summed E-state index contributed by atoms with van der Waals surface area (Å²) in [4.78, 5) is 0. The van der Waals surface area contributed by atoms with Gasteiger partial charge >= 0.3 is 6.36 Å². The van der Waals surface area contributed by atoms with Crippen LogP contribution < -0.4 is 10.1 Å². The number of alkyl halides is 3. The van der Waals surface area contributed by atoms with Gasteiger partial charge in [0.1, 0.15) is 5.75 Å². The van der Waals surface area contributed by atoms with Crippen molar-refractivity contribution in [3.05, 3.63) is 29.8 Å². The van der Waals surface area contributed by atoms with Crippen molar-refractivity contribution in [3.63, 3.8) is 0 Å². The van der Waals surface area contributed by atoms with Gasteiger partial charge in [-0.3, -0.25) is 0 Å². The Labute approximate surface area is 112 Å². The van der Waals surface area contributed by atoms with Crippen LogP contribution in [0.15, 0.2) is 24.3 Å². The summed E-state index contributed by atoms with van der Waals surface area (Å²) < 4.78 is 41.0. The smallest absolute Gasteiger partial charge is 0.405 e. The first-order valence-corrected chi connectivity index (χ1v) is 6.49. The highest BCUT2D eigenvalue weighted by Gasteiger charge is 2.32. The van der Waals surface area contributed by atoms with E-state index in [1.165, 1.54) is 6.07 Å². The Morgan fingerprint density at radius 1 is 1.21 bits per heavy atom. The third-order valence-electron chi connectivity index (χ3n) is 2.86. The molecule has 0 aliphatic carbocycles. The Morgan fingerprint density at radius 3 is 2.53 bits per heavy atom. The molecule has 0 aliphatic rings. The van der Waals surface area contributed by atoms with Crippen molar-refractivity contribution in [1.82, 2.24) is 5.32 Å². The maximum absolute atomic E-state index is 12.3. The van der Waals surface area contributed by atoms with Gasteiger partial charge < -0.3 is 10.1 Å². The lowest BCUT2D eigenvalue weighted by Crippen LogP contribution is -2.20. The fourth-order valence-corrected chi connectivity index (χ4v) is 1.88. The Hall–Kier alpha value is -1.23. The minimum atomic E-state index is -4.64. The van der Waals surface area contributed by atoms with E-state index < -0.39 is 6.36 Å². The predicted octanol–water partition coefficient (Wildman–Crippen LogP) is 4.08. The molecule has 0 amide bonds. The van der Waals surface area contributed by atoms with Gasteiger partial charge in [-0.05, 0) is 43.5 Å². The molecule has 0 radical (unpaired) electrons. The molecule has 1 aromatic carbocycles. The van der Waals surface area contributed by atoms with Gasteiger partial charge in [0.05, 0.1) is 0 Å². The first-order valence-electron chi connectivity index (χ1n) is 6.49. The van der Waals surface area contributed by atoms with Crippen LogP contribution in [0.2, 0.25) is 0 Å². The second-order valence-electron chi connectivity index (χ2n) is 4.53. The number of para-hydroxylation sites is 1. The van der Waals surface area contributed by atoms with Gasteiger partial charge in [0.25, 0.3) is 0 Å². The topological polar surface area (TPSA) is 21.3 Å². The number of rotatable bonds is 7. The van der Waals surface area contributed by atoms with Crippen molar-refractivity contribution in [2.45, 2.75) is 39.0 Å². The van der Waals surface area contributed by atoms with Crippen LogP contribution in [0.5, 0.6) is 5.75 Å². The van der Waals surface area contributed by atoms with Gasteiger partial charge in [-0.15, -0.1) is 13.2 Å². The minimum absolute atomic E-state index is 0.0166. The molecule has 0 saturated carbocycles. The van der Waals surface area contributed by atoms with Crippen LogP contribution in [-0.2, 0) is 0 Å². The first kappa shape index (κ1) is 15.8. The largest absolute Gasteiger partial charge is 0.573 e. The van der Waals surface area contributed by atoms with E-state index >= 15 is 0 Å². The first-order chi connectivity index (χ1) is 8.94. The molecule has 2 nitrogen and oxygen atoms in total. The van der Waals surface area contributed by atoms with Crippen LogP contribution in [-0.4, -0.2) is 19.5 Å². The lowest BCUT2D eigenvalue weighted by atomic mass is 9.97. The summed E-state index contributed by atoms with van der Waals surface area (Å²) in [5, 5.41) is 3.24. The van der Waals surface area contributed by atoms with Gasteiger partial charge in [0, 0.05) is 0 Å². The van der Waals surface area contributed by atoms with Gasteiger partial charge in [-0.1, -0.05) is 32.0 Å². The van der Waals surface area contributed by atoms with E-state index in [2.05, 4.69) is 17.0 Å². The third kappa shape index (κ3) is 5.96. The summed E-state index contributed by atoms with van der Waals surface area (Å²) in [6, 6.07) is 6.32. The van der Waals surface area contributed by atoms with Crippen LogP contribution in [0, 0.1) is 0 Å². The molecule has 1 N–H and O–H groups in total. The van der Waals surface area contributed by atoms with Gasteiger partial charge in [0.15, 0.2) is 0 Å². The molecule has 0 aliphatic heterocycles. The van der Waals surface area contributed by atoms with E-state index in [4.69, 9.17) is 0 Å². The molecule has 5 heteroatoms. The molecule has 0 aromatic heterocycles. The van der Waals surface area contributed by atoms with E-state index in [-0.39, 0.29) is 11.7 Å². The third-order valence-corrected chi connectivity index (χ3v) is 2.86. The zero-order valence-electron chi connectivity index (χ0n) is 11.3. The average Bonchev–Trinajstić information content (AvgIpc) is 2.33. The van der Waals surface area contributed by atoms with Crippen molar-refractivity contribution < 1.29 is 17.9 Å². The maximum atomic E-state index is 12.3. The normalized spacial score (nSPS) is 13.3. The molecule has 0 heterocycles. The molecule has 19 heavy (non-hydrogen) atoms. The highest BCUT2D eigenvalue weighted by Crippen LogP contribution is 2.32. The van der Waals surface area contributed by atoms with Crippen molar-refractivity contribution in [1.29, 1.82) is 0 Å². The molecule has 0 saturated heterocycles. The van der Waals surface area contributed by atoms with Crippen molar-refractivity contribution >= 4 is 0 Å². The van der Waals surface area contributed by atoms with Crippen molar-refractivity contribution in [3.8, 4) is 5.75 Å². The molecular weight excluding hydrogens is 255 g/mol. The molecule has 0 fully saturated rings. The summed E-state index contributed by atoms with van der Waals surface area (Å²) in [6.07, 6.45) is -2.82. The monoisotopic (exact) mass is 275 g/mol. The lowest BCUT2D eigenvalue weighted by molar-refractivity contribution is -0.275. The van der Waals surface area contributed by atoms with Crippen molar-refractivity contribution in [2.75, 3.05) is 13.1 Å². The summed E-state index contributed by atoms with van der Waals surface area (Å²) >= 11 is 0. The molecule has 1 atom stereocenters. The van der Waals surface area contributed by atoms with E-state index in [0.29, 0.717) is 5.56 Å². The van der Waals surface area contributed by atoms with Crippen molar-refractivity contribution in [2.24, 2.45) is 0 Å². The molecular formula is C14H20F3NO. The molecule has 1 rings (SSSR count). The van der Waals surface area contributed by atoms with Crippen LogP contribution in [0.3, 0.4) is 0 Å². The quantitative estimate of drug-likeness (QED) is 0.757. The average molecular weight is 275 g/mol. The van der Waals surface area contributed by atoms with Crippen LogP contribution in [0.1, 0.15) is 38.2 Å². The Kier molecular flexibility index (Phi) is 6.15. The predicted molar refractivity (Wildman–Crippen MR) is 69.3 cm³/mol. The molecule has 0 spiro atoms. The summed E-state index contributed by atoms with van der Waals surface area (Å²) in [7, 11) is 0. The fraction of sp³-hybridized carbons (Fsp3) is 0.571. The maximum Gasteiger partial charge on any atom is 0.573 e. The summed E-state index contributed by atoms with van der Waals surface area (Å²) in [5.74, 6) is -0.0825. The van der Waals surface area contributed by atoms with E-state index in [1.54, 1.807) is 18.2 Å². The summed E-state index contributed by atoms with van der Waals surface area (Å²) in [5.41, 5.74) is 0.595. The molecule has 0 bridgehead atoms. The van der Waals surface area contributed by atoms with Crippen LogP contribution in [0.25, 0.3) is 0 Å². The molecule has 1 unspecified atom stereocenters. The van der Waals surface area contributed by atoms with E-state index in [9.17, 15) is 13.2 Å². The lowest BCUT2D eigenvalue weighted by Gasteiger charge is -2.18. The Bertz CT molecular complexity index is 379. The standard InChI is InChI=1S/C14H20F3NO/c1-3-9-18-10-8-11(2)12-6-4-5-7-13(12)19-14(15,16)17/h4-7,11,18H,3,8-10H2,1-2H3. The second-order valence-corrected chi connectivity index (χ2v) is 4.53. The number of ether oxygens (including phenoxy) is 1. The van der Waals surface area contributed by atoms with Crippen LogP contribution in [0.4, 0.5) is 13.2 Å².